The molecule has 226 valence electrons. The first-order valence-electron chi connectivity index (χ1n) is 14.1. The molecule has 1 aliphatic heterocycles. The molecule has 2 aromatic heterocycles. The summed E-state index contributed by atoms with van der Waals surface area (Å²) in [6.07, 6.45) is 8.07. The van der Waals surface area contributed by atoms with Gasteiger partial charge in [0.25, 0.3) is 5.69 Å². The third-order valence-corrected chi connectivity index (χ3v) is 7.26. The smallest absolute Gasteiger partial charge is 0.410 e. The number of nitrogens with zero attached hydrogens (tertiary/aromatic N) is 7. The first kappa shape index (κ1) is 31.0. The van der Waals surface area contributed by atoms with Crippen LogP contribution in [0.25, 0.3) is 11.3 Å². The summed E-state index contributed by atoms with van der Waals surface area (Å²) in [7, 11) is 1.77. The molecule has 0 atom stereocenters. The maximum atomic E-state index is 12.5. The van der Waals surface area contributed by atoms with E-state index in [9.17, 15) is 14.9 Å². The lowest BCUT2D eigenvalue weighted by atomic mass is 10.0. The zero-order chi connectivity index (χ0) is 30.4. The molecule has 1 aliphatic rings. The van der Waals surface area contributed by atoms with Gasteiger partial charge in [0.05, 0.1) is 35.2 Å². The van der Waals surface area contributed by atoms with Gasteiger partial charge < -0.3 is 19.3 Å². The van der Waals surface area contributed by atoms with Gasteiger partial charge in [-0.15, -0.1) is 0 Å². The zero-order valence-corrected chi connectivity index (χ0v) is 25.5. The van der Waals surface area contributed by atoms with Crippen LogP contribution in [0.15, 0.2) is 36.8 Å². The Hall–Kier alpha value is -3.93. The largest absolute Gasteiger partial charge is 0.491 e. The summed E-state index contributed by atoms with van der Waals surface area (Å²) >= 11 is 5.96. The van der Waals surface area contributed by atoms with Gasteiger partial charge >= 0.3 is 6.09 Å². The summed E-state index contributed by atoms with van der Waals surface area (Å²) in [5.74, 6) is 0.487. The van der Waals surface area contributed by atoms with Crippen LogP contribution in [-0.4, -0.2) is 74.1 Å². The first-order valence-corrected chi connectivity index (χ1v) is 14.4. The maximum absolute atomic E-state index is 12.5. The normalized spacial score (nSPS) is 14.1. The summed E-state index contributed by atoms with van der Waals surface area (Å²) in [4.78, 5) is 35.7. The fourth-order valence-electron chi connectivity index (χ4n) is 4.85. The molecule has 1 aromatic carbocycles. The monoisotopic (exact) mass is 599 g/mol. The molecule has 1 amide bonds. The topological polar surface area (TPSA) is 129 Å². The van der Waals surface area contributed by atoms with Crippen LogP contribution < -0.4 is 9.64 Å². The van der Waals surface area contributed by atoms with Gasteiger partial charge in [0.15, 0.2) is 0 Å². The standard InChI is InChI=1S/C29H38ClN7O5/c1-20-17-31-27(30)33-26(20)21-18-32-36(19-21)12-6-7-15-41-25-16-23(37(39)40)8-9-24(25)35-13-10-22(11-14-35)34(5)28(38)42-29(2,3)4/h8-9,16-19,22H,6-7,10-15H2,1-5H3. The van der Waals surface area contributed by atoms with Gasteiger partial charge in [0, 0.05) is 56.7 Å². The molecular weight excluding hydrogens is 562 g/mol. The van der Waals surface area contributed by atoms with E-state index in [-0.39, 0.29) is 23.1 Å². The van der Waals surface area contributed by atoms with Crippen LogP contribution in [0.5, 0.6) is 5.75 Å². The van der Waals surface area contributed by atoms with E-state index in [0.29, 0.717) is 32.0 Å². The van der Waals surface area contributed by atoms with Crippen molar-refractivity contribution in [3.63, 3.8) is 0 Å². The van der Waals surface area contributed by atoms with Crippen molar-refractivity contribution in [3.8, 4) is 17.0 Å². The minimum Gasteiger partial charge on any atom is -0.491 e. The summed E-state index contributed by atoms with van der Waals surface area (Å²) in [5.41, 5.74) is 2.79. The third-order valence-electron chi connectivity index (χ3n) is 7.08. The summed E-state index contributed by atoms with van der Waals surface area (Å²) in [5, 5.41) is 16.1. The molecule has 0 aliphatic carbocycles. The van der Waals surface area contributed by atoms with Crippen molar-refractivity contribution in [1.82, 2.24) is 24.6 Å². The number of benzene rings is 1. The molecule has 1 saturated heterocycles. The highest BCUT2D eigenvalue weighted by atomic mass is 35.5. The number of carbonyl (C=O) groups is 1. The molecule has 13 heteroatoms. The van der Waals surface area contributed by atoms with E-state index in [4.69, 9.17) is 21.1 Å². The average molecular weight is 600 g/mol. The Morgan fingerprint density at radius 1 is 1.21 bits per heavy atom. The Morgan fingerprint density at radius 2 is 1.95 bits per heavy atom. The number of nitro benzene ring substituents is 1. The molecular formula is C29H38ClN7O5. The van der Waals surface area contributed by atoms with E-state index in [0.717, 1.165) is 48.2 Å². The second-order valence-corrected chi connectivity index (χ2v) is 11.8. The number of hydrogen-bond acceptors (Lipinski definition) is 9. The summed E-state index contributed by atoms with van der Waals surface area (Å²) in [6, 6.07) is 4.79. The number of amides is 1. The predicted molar refractivity (Wildman–Crippen MR) is 160 cm³/mol. The van der Waals surface area contributed by atoms with Gasteiger partial charge in [-0.2, -0.15) is 5.10 Å². The minimum atomic E-state index is -0.552. The molecule has 0 N–H and O–H groups in total. The molecule has 3 heterocycles. The molecule has 3 aromatic rings. The van der Waals surface area contributed by atoms with E-state index >= 15 is 0 Å². The number of carbonyl (C=O) groups excluding carboxylic acids is 1. The van der Waals surface area contributed by atoms with E-state index < -0.39 is 10.5 Å². The van der Waals surface area contributed by atoms with Crippen molar-refractivity contribution in [2.24, 2.45) is 0 Å². The number of hydrogen-bond donors (Lipinski definition) is 0. The number of piperidine rings is 1. The number of unbranched alkanes of at least 4 members (excludes halogenated alkanes) is 1. The van der Waals surface area contributed by atoms with E-state index in [2.05, 4.69) is 20.0 Å². The number of halogens is 1. The molecule has 0 spiro atoms. The van der Waals surface area contributed by atoms with Crippen LogP contribution in [0, 0.1) is 17.0 Å². The SMILES string of the molecule is Cc1cnc(Cl)nc1-c1cnn(CCCCOc2cc([N+](=O)[O-])ccc2N2CCC(N(C)C(=O)OC(C)(C)C)CC2)c1. The van der Waals surface area contributed by atoms with Crippen LogP contribution in [0.2, 0.25) is 5.28 Å². The van der Waals surface area contributed by atoms with Crippen molar-refractivity contribution in [2.45, 2.75) is 71.6 Å². The van der Waals surface area contributed by atoms with Gasteiger partial charge in [-0.3, -0.25) is 14.8 Å². The molecule has 4 rings (SSSR count). The van der Waals surface area contributed by atoms with Crippen LogP contribution in [-0.2, 0) is 11.3 Å². The van der Waals surface area contributed by atoms with Gasteiger partial charge in [0.1, 0.15) is 11.4 Å². The highest BCUT2D eigenvalue weighted by Gasteiger charge is 2.30. The van der Waals surface area contributed by atoms with Crippen LogP contribution in [0.4, 0.5) is 16.2 Å². The lowest BCUT2D eigenvalue weighted by Gasteiger charge is -2.38. The molecule has 0 unspecified atom stereocenters. The number of aromatic nitrogens is 4. The molecule has 0 bridgehead atoms. The van der Waals surface area contributed by atoms with Crippen molar-refractivity contribution in [1.29, 1.82) is 0 Å². The van der Waals surface area contributed by atoms with Crippen LogP contribution in [0.3, 0.4) is 0 Å². The lowest BCUT2D eigenvalue weighted by molar-refractivity contribution is -0.384. The Kier molecular flexibility index (Phi) is 9.87. The Labute approximate surface area is 250 Å². The number of ether oxygens (including phenoxy) is 2. The van der Waals surface area contributed by atoms with Crippen LogP contribution in [0.1, 0.15) is 52.0 Å². The first-order chi connectivity index (χ1) is 19.9. The predicted octanol–water partition coefficient (Wildman–Crippen LogP) is 5.91. The van der Waals surface area contributed by atoms with Crippen molar-refractivity contribution < 1.29 is 19.2 Å². The zero-order valence-electron chi connectivity index (χ0n) is 24.7. The van der Waals surface area contributed by atoms with Gasteiger partial charge in [0.2, 0.25) is 5.28 Å². The lowest BCUT2D eigenvalue weighted by Crippen LogP contribution is -2.47. The van der Waals surface area contributed by atoms with Gasteiger partial charge in [-0.05, 0) is 76.6 Å². The third kappa shape index (κ3) is 8.09. The second-order valence-electron chi connectivity index (χ2n) is 11.4. The molecule has 42 heavy (non-hydrogen) atoms. The van der Waals surface area contributed by atoms with Gasteiger partial charge in [-0.1, -0.05) is 0 Å². The quantitative estimate of drug-likeness (QED) is 0.121. The van der Waals surface area contributed by atoms with Crippen molar-refractivity contribution in [2.75, 3.05) is 31.6 Å². The molecule has 0 saturated carbocycles. The minimum absolute atomic E-state index is 0.0162. The number of rotatable bonds is 10. The summed E-state index contributed by atoms with van der Waals surface area (Å²) in [6.45, 7) is 9.93. The highest BCUT2D eigenvalue weighted by molar-refractivity contribution is 6.28. The fourth-order valence-corrected chi connectivity index (χ4v) is 4.98. The fraction of sp³-hybridized carbons (Fsp3) is 0.517. The number of anilines is 1. The molecule has 12 nitrogen and oxygen atoms in total. The van der Waals surface area contributed by atoms with E-state index in [1.165, 1.54) is 12.1 Å². The molecule has 0 radical (unpaired) electrons. The van der Waals surface area contributed by atoms with Gasteiger partial charge in [-0.25, -0.2) is 14.8 Å². The highest BCUT2D eigenvalue weighted by Crippen LogP contribution is 2.35. The Morgan fingerprint density at radius 3 is 2.64 bits per heavy atom. The number of non-ortho nitro benzene ring substituents is 1. The number of aryl methyl sites for hydroxylation is 2. The van der Waals surface area contributed by atoms with Crippen molar-refractivity contribution >= 4 is 29.1 Å². The van der Waals surface area contributed by atoms with Crippen molar-refractivity contribution in [3.05, 3.63) is 57.8 Å². The number of nitro groups is 1. The average Bonchev–Trinajstić information content (AvgIpc) is 3.41. The van der Waals surface area contributed by atoms with E-state index in [1.807, 2.05) is 38.6 Å². The maximum Gasteiger partial charge on any atom is 0.410 e. The second kappa shape index (κ2) is 13.4. The Balaban J connectivity index is 1.32. The van der Waals surface area contributed by atoms with Crippen LogP contribution >= 0.6 is 11.6 Å². The van der Waals surface area contributed by atoms with E-state index in [1.54, 1.807) is 30.4 Å². The summed E-state index contributed by atoms with van der Waals surface area (Å²) < 4.78 is 13.5. The Bertz CT molecular complexity index is 1400. The molecule has 1 fully saturated rings.